The Bertz CT molecular complexity index is 1320. The normalized spacial score (nSPS) is 21.7. The lowest BCUT2D eigenvalue weighted by Gasteiger charge is -2.35. The number of rotatable bonds is 3. The van der Waals surface area contributed by atoms with E-state index in [4.69, 9.17) is 5.10 Å². The zero-order valence-electron chi connectivity index (χ0n) is 18.0. The van der Waals surface area contributed by atoms with Crippen LogP contribution in [0.4, 0.5) is 4.39 Å². The minimum atomic E-state index is -0.290. The second-order valence-corrected chi connectivity index (χ2v) is 8.71. The van der Waals surface area contributed by atoms with Gasteiger partial charge in [-0.15, -0.1) is 10.2 Å². The number of pyridine rings is 1. The maximum atomic E-state index is 13.4. The van der Waals surface area contributed by atoms with Gasteiger partial charge in [0.25, 0.3) is 5.56 Å². The topological polar surface area (TPSA) is 65.1 Å². The van der Waals surface area contributed by atoms with Gasteiger partial charge in [-0.25, -0.2) is 8.91 Å². The van der Waals surface area contributed by atoms with Crippen molar-refractivity contribution in [2.45, 2.75) is 52.5 Å². The molecule has 0 N–H and O–H groups in total. The minimum absolute atomic E-state index is 0.116. The van der Waals surface area contributed by atoms with E-state index in [0.717, 1.165) is 29.7 Å². The molecule has 0 spiro atoms. The lowest BCUT2D eigenvalue weighted by atomic mass is 9.78. The van der Waals surface area contributed by atoms with Gasteiger partial charge in [-0.05, 0) is 48.4 Å². The lowest BCUT2D eigenvalue weighted by molar-refractivity contribution is 0.183. The smallest absolute Gasteiger partial charge is 0.280 e. The predicted octanol–water partition coefficient (Wildman–Crippen LogP) is 4.80. The van der Waals surface area contributed by atoms with E-state index in [0.29, 0.717) is 34.9 Å². The van der Waals surface area contributed by atoms with E-state index in [1.54, 1.807) is 16.6 Å². The molecule has 1 aromatic carbocycles. The van der Waals surface area contributed by atoms with Crippen molar-refractivity contribution in [3.05, 3.63) is 58.4 Å². The number of nitrogens with zero attached hydrogens (tertiary/aromatic N) is 5. The molecule has 0 bridgehead atoms. The van der Waals surface area contributed by atoms with Crippen molar-refractivity contribution in [3.63, 3.8) is 0 Å². The summed E-state index contributed by atoms with van der Waals surface area (Å²) >= 11 is 0. The zero-order valence-corrected chi connectivity index (χ0v) is 18.0. The van der Waals surface area contributed by atoms with Gasteiger partial charge in [0.2, 0.25) is 0 Å². The molecule has 160 valence electrons. The summed E-state index contributed by atoms with van der Waals surface area (Å²) in [4.78, 5) is 13.4. The predicted molar refractivity (Wildman–Crippen MR) is 119 cm³/mol. The van der Waals surface area contributed by atoms with Gasteiger partial charge < -0.3 is 4.57 Å². The Kier molecular flexibility index (Phi) is 4.84. The highest BCUT2D eigenvalue weighted by Gasteiger charge is 2.29. The first-order valence-corrected chi connectivity index (χ1v) is 11.0. The average Bonchev–Trinajstić information content (AvgIpc) is 3.16. The van der Waals surface area contributed by atoms with Crippen LogP contribution in [-0.4, -0.2) is 24.4 Å². The molecule has 0 unspecified atom stereocenters. The molecule has 5 rings (SSSR count). The highest BCUT2D eigenvalue weighted by atomic mass is 19.1. The summed E-state index contributed by atoms with van der Waals surface area (Å²) < 4.78 is 17.0. The van der Waals surface area contributed by atoms with Gasteiger partial charge in [-0.3, -0.25) is 4.79 Å². The van der Waals surface area contributed by atoms with Gasteiger partial charge in [0, 0.05) is 12.2 Å². The summed E-state index contributed by atoms with van der Waals surface area (Å²) in [5.74, 6) is 0.732. The molecule has 1 aliphatic carbocycles. The monoisotopic (exact) mass is 419 g/mol. The molecule has 0 aliphatic heterocycles. The van der Waals surface area contributed by atoms with Gasteiger partial charge >= 0.3 is 0 Å². The summed E-state index contributed by atoms with van der Waals surface area (Å²) in [6.45, 7) is 6.51. The molecule has 1 aliphatic rings. The third-order valence-electron chi connectivity index (χ3n) is 6.97. The molecule has 0 saturated heterocycles. The van der Waals surface area contributed by atoms with Crippen LogP contribution >= 0.6 is 0 Å². The van der Waals surface area contributed by atoms with E-state index >= 15 is 0 Å². The molecule has 1 fully saturated rings. The van der Waals surface area contributed by atoms with Crippen LogP contribution in [0.2, 0.25) is 0 Å². The number of hydrogen-bond donors (Lipinski definition) is 0. The van der Waals surface area contributed by atoms with E-state index < -0.39 is 0 Å². The summed E-state index contributed by atoms with van der Waals surface area (Å²) in [6, 6.07) is 8.40. The van der Waals surface area contributed by atoms with Gasteiger partial charge in [0.15, 0.2) is 11.2 Å². The molecule has 1 saturated carbocycles. The van der Waals surface area contributed by atoms with Gasteiger partial charge in [-0.2, -0.15) is 5.10 Å². The van der Waals surface area contributed by atoms with Crippen LogP contribution in [0.5, 0.6) is 0 Å². The molecule has 3 atom stereocenters. The number of halogens is 1. The second-order valence-electron chi connectivity index (χ2n) is 8.71. The van der Waals surface area contributed by atoms with Crippen molar-refractivity contribution < 1.29 is 4.39 Å². The maximum Gasteiger partial charge on any atom is 0.280 e. The quantitative estimate of drug-likeness (QED) is 0.478. The summed E-state index contributed by atoms with van der Waals surface area (Å²) in [6.07, 6.45) is 5.91. The largest absolute Gasteiger partial charge is 0.310 e. The molecule has 0 amide bonds. The van der Waals surface area contributed by atoms with Crippen molar-refractivity contribution in [1.29, 1.82) is 0 Å². The second kappa shape index (κ2) is 7.55. The van der Waals surface area contributed by atoms with Crippen molar-refractivity contribution in [3.8, 4) is 11.1 Å². The van der Waals surface area contributed by atoms with E-state index in [1.807, 2.05) is 23.8 Å². The fourth-order valence-electron chi connectivity index (χ4n) is 4.97. The Morgan fingerprint density at radius 2 is 1.87 bits per heavy atom. The summed E-state index contributed by atoms with van der Waals surface area (Å²) in [5, 5.41) is 13.5. The van der Waals surface area contributed by atoms with Crippen LogP contribution in [0, 0.1) is 17.7 Å². The van der Waals surface area contributed by atoms with Crippen LogP contribution in [0.1, 0.15) is 51.8 Å². The molecule has 3 aromatic heterocycles. The maximum absolute atomic E-state index is 13.4. The van der Waals surface area contributed by atoms with Gasteiger partial charge in [0.05, 0.1) is 11.3 Å². The van der Waals surface area contributed by atoms with Crippen molar-refractivity contribution in [2.75, 3.05) is 0 Å². The zero-order chi connectivity index (χ0) is 21.7. The highest BCUT2D eigenvalue weighted by molar-refractivity contribution is 5.84. The minimum Gasteiger partial charge on any atom is -0.310 e. The Morgan fingerprint density at radius 1 is 1.10 bits per heavy atom. The first-order chi connectivity index (χ1) is 15.0. The van der Waals surface area contributed by atoms with E-state index in [-0.39, 0.29) is 17.4 Å². The standard InChI is InChI=1S/C24H26FN5O/c1-4-18-21(16-8-10-17(25)11-9-16)23-27-26-22-20(30(23)28-18)12-13-29(24(22)31)19-7-5-6-14(2)15(19)3/h8-15,19H,4-7H2,1-3H3/t14-,15-,19-/m0/s1. The molecule has 4 aromatic rings. The molecule has 31 heavy (non-hydrogen) atoms. The van der Waals surface area contributed by atoms with Gasteiger partial charge in [0.1, 0.15) is 11.3 Å². The summed E-state index contributed by atoms with van der Waals surface area (Å²) in [7, 11) is 0. The highest BCUT2D eigenvalue weighted by Crippen LogP contribution is 2.37. The molecule has 7 heteroatoms. The fraction of sp³-hybridized carbons (Fsp3) is 0.417. The van der Waals surface area contributed by atoms with Crippen molar-refractivity contribution in [1.82, 2.24) is 24.4 Å². The Hall–Kier alpha value is -3.09. The molecule has 0 radical (unpaired) electrons. The average molecular weight is 420 g/mol. The fourth-order valence-corrected chi connectivity index (χ4v) is 4.97. The van der Waals surface area contributed by atoms with Crippen LogP contribution in [-0.2, 0) is 6.42 Å². The number of aryl methyl sites for hydroxylation is 1. The Morgan fingerprint density at radius 3 is 2.61 bits per heavy atom. The number of benzene rings is 1. The Balaban J connectivity index is 1.70. The summed E-state index contributed by atoms with van der Waals surface area (Å²) in [5.41, 5.74) is 3.94. The van der Waals surface area contributed by atoms with Gasteiger partial charge in [-0.1, -0.05) is 45.7 Å². The van der Waals surface area contributed by atoms with E-state index in [9.17, 15) is 9.18 Å². The first-order valence-electron chi connectivity index (χ1n) is 11.0. The number of hydrogen-bond acceptors (Lipinski definition) is 4. The molecule has 3 heterocycles. The number of fused-ring (bicyclic) bond motifs is 3. The van der Waals surface area contributed by atoms with Crippen LogP contribution < -0.4 is 5.56 Å². The van der Waals surface area contributed by atoms with Crippen LogP contribution in [0.3, 0.4) is 0 Å². The van der Waals surface area contributed by atoms with E-state index in [2.05, 4.69) is 24.0 Å². The van der Waals surface area contributed by atoms with Crippen LogP contribution in [0.15, 0.2) is 41.3 Å². The van der Waals surface area contributed by atoms with E-state index in [1.165, 1.54) is 18.6 Å². The molecular formula is C24H26FN5O. The van der Waals surface area contributed by atoms with Crippen molar-refractivity contribution in [2.24, 2.45) is 11.8 Å². The SMILES string of the molecule is CCc1nn2c(nnc3c(=O)n([C@H]4CCC[C@H](C)[C@@H]4C)ccc32)c1-c1ccc(F)cc1. The Labute approximate surface area is 179 Å². The van der Waals surface area contributed by atoms with Crippen LogP contribution in [0.25, 0.3) is 27.8 Å². The lowest BCUT2D eigenvalue weighted by Crippen LogP contribution is -2.34. The molecular weight excluding hydrogens is 393 g/mol. The van der Waals surface area contributed by atoms with Crippen molar-refractivity contribution >= 4 is 16.7 Å². The first kappa shape index (κ1) is 19.8. The number of aromatic nitrogens is 5. The molecule has 6 nitrogen and oxygen atoms in total. The third kappa shape index (κ3) is 3.14. The third-order valence-corrected chi connectivity index (χ3v) is 6.97.